The molecule has 1 aliphatic rings. The number of para-hydroxylation sites is 2. The van der Waals surface area contributed by atoms with Crippen molar-refractivity contribution in [2.24, 2.45) is 0 Å². The van der Waals surface area contributed by atoms with Crippen LogP contribution in [0.15, 0.2) is 24.3 Å². The van der Waals surface area contributed by atoms with Crippen molar-refractivity contribution < 1.29 is 4.74 Å². The smallest absolute Gasteiger partial charge is 0.113 e. The summed E-state index contributed by atoms with van der Waals surface area (Å²) in [6.07, 6.45) is 3.69. The van der Waals surface area contributed by atoms with E-state index in [1.165, 1.54) is 50.2 Å². The third kappa shape index (κ3) is 3.75. The molecule has 1 aromatic heterocycles. The van der Waals surface area contributed by atoms with Gasteiger partial charge in [-0.3, -0.25) is 0 Å². The number of hydrogen-bond donors (Lipinski definition) is 0. The molecule has 0 bridgehead atoms. The standard InChI is InChI=1S/C19H29N3O/c1-3-11-21-12-9-16(10-13-21)19-20-17-7-5-6-8-18(17)22(19)14-15-23-4-2/h5-8,16H,3-4,9-15H2,1-2H3. The molecule has 0 atom stereocenters. The van der Waals surface area contributed by atoms with Gasteiger partial charge in [-0.2, -0.15) is 0 Å². The van der Waals surface area contributed by atoms with E-state index in [9.17, 15) is 0 Å². The molecular weight excluding hydrogens is 286 g/mol. The van der Waals surface area contributed by atoms with Crippen molar-refractivity contribution in [3.05, 3.63) is 30.1 Å². The highest BCUT2D eigenvalue weighted by Gasteiger charge is 2.25. The summed E-state index contributed by atoms with van der Waals surface area (Å²) >= 11 is 0. The maximum absolute atomic E-state index is 5.59. The molecule has 1 aromatic carbocycles. The maximum Gasteiger partial charge on any atom is 0.113 e. The highest BCUT2D eigenvalue weighted by atomic mass is 16.5. The molecular formula is C19H29N3O. The van der Waals surface area contributed by atoms with Gasteiger partial charge in [0.2, 0.25) is 0 Å². The SMILES string of the molecule is CCCN1CCC(c2nc3ccccc3n2CCOCC)CC1. The van der Waals surface area contributed by atoms with Gasteiger partial charge in [0.15, 0.2) is 0 Å². The summed E-state index contributed by atoms with van der Waals surface area (Å²) in [4.78, 5) is 7.56. The predicted molar refractivity (Wildman–Crippen MR) is 94.9 cm³/mol. The predicted octanol–water partition coefficient (Wildman–Crippen LogP) is 3.66. The van der Waals surface area contributed by atoms with Gasteiger partial charge in [-0.1, -0.05) is 19.1 Å². The van der Waals surface area contributed by atoms with Crippen LogP contribution >= 0.6 is 0 Å². The summed E-state index contributed by atoms with van der Waals surface area (Å²) in [7, 11) is 0. The van der Waals surface area contributed by atoms with Crippen molar-refractivity contribution in [2.75, 3.05) is 32.8 Å². The summed E-state index contributed by atoms with van der Waals surface area (Å²) in [5.74, 6) is 1.85. The minimum absolute atomic E-state index is 0.581. The lowest BCUT2D eigenvalue weighted by Gasteiger charge is -2.31. The van der Waals surface area contributed by atoms with Crippen molar-refractivity contribution in [1.82, 2.24) is 14.5 Å². The monoisotopic (exact) mass is 315 g/mol. The first-order chi connectivity index (χ1) is 11.3. The fourth-order valence-electron chi connectivity index (χ4n) is 3.67. The first-order valence-electron chi connectivity index (χ1n) is 9.08. The molecule has 2 aromatic rings. The molecule has 4 heteroatoms. The molecule has 1 fully saturated rings. The summed E-state index contributed by atoms with van der Waals surface area (Å²) in [6, 6.07) is 8.50. The molecule has 0 radical (unpaired) electrons. The Balaban J connectivity index is 1.80. The number of hydrogen-bond acceptors (Lipinski definition) is 3. The summed E-state index contributed by atoms with van der Waals surface area (Å²) in [5.41, 5.74) is 2.37. The zero-order valence-electron chi connectivity index (χ0n) is 14.5. The van der Waals surface area contributed by atoms with E-state index in [-0.39, 0.29) is 0 Å². The van der Waals surface area contributed by atoms with Crippen molar-refractivity contribution in [3.8, 4) is 0 Å². The lowest BCUT2D eigenvalue weighted by Crippen LogP contribution is -2.34. The molecule has 0 saturated carbocycles. The minimum atomic E-state index is 0.581. The number of imidazole rings is 1. The van der Waals surface area contributed by atoms with Crippen LogP contribution in [-0.4, -0.2) is 47.3 Å². The molecule has 2 heterocycles. The fourth-order valence-corrected chi connectivity index (χ4v) is 3.67. The number of aromatic nitrogens is 2. The highest BCUT2D eigenvalue weighted by molar-refractivity contribution is 5.76. The van der Waals surface area contributed by atoms with E-state index in [1.54, 1.807) is 0 Å². The normalized spacial score (nSPS) is 17.1. The van der Waals surface area contributed by atoms with Gasteiger partial charge < -0.3 is 14.2 Å². The van der Waals surface area contributed by atoms with Crippen molar-refractivity contribution in [3.63, 3.8) is 0 Å². The van der Waals surface area contributed by atoms with Crippen LogP contribution in [0.2, 0.25) is 0 Å². The molecule has 23 heavy (non-hydrogen) atoms. The van der Waals surface area contributed by atoms with Gasteiger partial charge in [-0.05, 0) is 58.0 Å². The molecule has 4 nitrogen and oxygen atoms in total. The largest absolute Gasteiger partial charge is 0.380 e. The quantitative estimate of drug-likeness (QED) is 0.730. The zero-order chi connectivity index (χ0) is 16.1. The molecule has 0 unspecified atom stereocenters. The lowest BCUT2D eigenvalue weighted by molar-refractivity contribution is 0.138. The van der Waals surface area contributed by atoms with Gasteiger partial charge in [0.25, 0.3) is 0 Å². The van der Waals surface area contributed by atoms with Crippen LogP contribution in [0.1, 0.15) is 44.9 Å². The van der Waals surface area contributed by atoms with Gasteiger partial charge in [0.05, 0.1) is 17.6 Å². The van der Waals surface area contributed by atoms with E-state index in [1.807, 2.05) is 0 Å². The second-order valence-electron chi connectivity index (χ2n) is 6.42. The van der Waals surface area contributed by atoms with Crippen LogP contribution in [0.4, 0.5) is 0 Å². The number of fused-ring (bicyclic) bond motifs is 1. The maximum atomic E-state index is 5.59. The van der Waals surface area contributed by atoms with Crippen LogP contribution in [0.25, 0.3) is 11.0 Å². The molecule has 0 aliphatic carbocycles. The van der Waals surface area contributed by atoms with Gasteiger partial charge in [-0.25, -0.2) is 4.98 Å². The van der Waals surface area contributed by atoms with E-state index < -0.39 is 0 Å². The Morgan fingerprint density at radius 1 is 1.13 bits per heavy atom. The Labute approximate surface area is 139 Å². The third-order valence-electron chi connectivity index (χ3n) is 4.84. The van der Waals surface area contributed by atoms with E-state index in [0.717, 1.165) is 25.3 Å². The van der Waals surface area contributed by atoms with Gasteiger partial charge in [-0.15, -0.1) is 0 Å². The molecule has 0 amide bonds. The first kappa shape index (κ1) is 16.5. The number of nitrogens with zero attached hydrogens (tertiary/aromatic N) is 3. The Kier molecular flexibility index (Phi) is 5.68. The summed E-state index contributed by atoms with van der Waals surface area (Å²) < 4.78 is 7.98. The Morgan fingerprint density at radius 2 is 1.91 bits per heavy atom. The van der Waals surface area contributed by atoms with Crippen LogP contribution in [0.3, 0.4) is 0 Å². The van der Waals surface area contributed by atoms with Crippen LogP contribution in [0, 0.1) is 0 Å². The van der Waals surface area contributed by atoms with Crippen molar-refractivity contribution in [2.45, 2.75) is 45.6 Å². The molecule has 1 saturated heterocycles. The number of benzene rings is 1. The highest BCUT2D eigenvalue weighted by Crippen LogP contribution is 2.30. The van der Waals surface area contributed by atoms with Crippen LogP contribution < -0.4 is 0 Å². The second kappa shape index (κ2) is 7.93. The lowest BCUT2D eigenvalue weighted by atomic mass is 9.95. The third-order valence-corrected chi connectivity index (χ3v) is 4.84. The Bertz CT molecular complexity index is 614. The minimum Gasteiger partial charge on any atom is -0.380 e. The van der Waals surface area contributed by atoms with E-state index in [2.05, 4.69) is 47.6 Å². The topological polar surface area (TPSA) is 30.3 Å². The number of likely N-dealkylation sites (tertiary alicyclic amines) is 1. The van der Waals surface area contributed by atoms with Gasteiger partial charge >= 0.3 is 0 Å². The first-order valence-corrected chi connectivity index (χ1v) is 9.08. The molecule has 0 spiro atoms. The number of piperidine rings is 1. The number of ether oxygens (including phenoxy) is 1. The van der Waals surface area contributed by atoms with Crippen LogP contribution in [0.5, 0.6) is 0 Å². The molecule has 126 valence electrons. The van der Waals surface area contributed by atoms with Gasteiger partial charge in [0.1, 0.15) is 5.82 Å². The zero-order valence-corrected chi connectivity index (χ0v) is 14.5. The molecule has 0 N–H and O–H groups in total. The Hall–Kier alpha value is -1.39. The fraction of sp³-hybridized carbons (Fsp3) is 0.632. The average Bonchev–Trinajstić information content (AvgIpc) is 2.95. The number of rotatable bonds is 7. The molecule has 1 aliphatic heterocycles. The second-order valence-corrected chi connectivity index (χ2v) is 6.42. The van der Waals surface area contributed by atoms with E-state index in [0.29, 0.717) is 5.92 Å². The van der Waals surface area contributed by atoms with E-state index >= 15 is 0 Å². The summed E-state index contributed by atoms with van der Waals surface area (Å²) in [5, 5.41) is 0. The average molecular weight is 315 g/mol. The van der Waals surface area contributed by atoms with Crippen LogP contribution in [-0.2, 0) is 11.3 Å². The summed E-state index contributed by atoms with van der Waals surface area (Å²) in [6.45, 7) is 10.4. The Morgan fingerprint density at radius 3 is 2.65 bits per heavy atom. The van der Waals surface area contributed by atoms with E-state index in [4.69, 9.17) is 9.72 Å². The van der Waals surface area contributed by atoms with Gasteiger partial charge in [0, 0.05) is 19.1 Å². The van der Waals surface area contributed by atoms with Crippen molar-refractivity contribution >= 4 is 11.0 Å². The molecule has 3 rings (SSSR count). The van der Waals surface area contributed by atoms with Crippen molar-refractivity contribution in [1.29, 1.82) is 0 Å².